The average Bonchev–Trinajstić information content (AvgIpc) is 2.30. The number of nitrogens with one attached hydrogen (secondary N) is 1. The molecule has 0 radical (unpaired) electrons. The zero-order chi connectivity index (χ0) is 10.7. The number of rotatable bonds is 2. The van der Waals surface area contributed by atoms with Gasteiger partial charge in [0.25, 0.3) is 0 Å². The Morgan fingerprint density at radius 1 is 1.53 bits per heavy atom. The molecule has 1 saturated heterocycles. The highest BCUT2D eigenvalue weighted by Crippen LogP contribution is 2.15. The molecule has 15 heavy (non-hydrogen) atoms. The van der Waals surface area contributed by atoms with Gasteiger partial charge in [-0.1, -0.05) is 6.92 Å². The summed E-state index contributed by atoms with van der Waals surface area (Å²) < 4.78 is 0. The van der Waals surface area contributed by atoms with E-state index in [0.29, 0.717) is 6.04 Å². The minimum Gasteiger partial charge on any atom is -0.351 e. The van der Waals surface area contributed by atoms with Crippen LogP contribution < -0.4 is 10.2 Å². The summed E-state index contributed by atoms with van der Waals surface area (Å²) >= 11 is 0. The zero-order valence-corrected chi connectivity index (χ0v) is 9.40. The predicted molar refractivity (Wildman–Crippen MR) is 61.1 cm³/mol. The van der Waals surface area contributed by atoms with Gasteiger partial charge in [-0.05, 0) is 13.3 Å². The van der Waals surface area contributed by atoms with Gasteiger partial charge in [0.1, 0.15) is 12.1 Å². The molecule has 1 atom stereocenters. The van der Waals surface area contributed by atoms with Crippen molar-refractivity contribution in [1.29, 1.82) is 0 Å². The Hall–Kier alpha value is -1.16. The Morgan fingerprint density at radius 2 is 2.40 bits per heavy atom. The van der Waals surface area contributed by atoms with E-state index in [1.54, 1.807) is 6.33 Å². The molecule has 1 aliphatic rings. The van der Waals surface area contributed by atoms with Crippen LogP contribution in [0.4, 0.5) is 5.82 Å². The van der Waals surface area contributed by atoms with Crippen LogP contribution in [0.1, 0.15) is 19.5 Å². The molecular weight excluding hydrogens is 188 g/mol. The Bertz CT molecular complexity index is 326. The maximum Gasteiger partial charge on any atom is 0.132 e. The van der Waals surface area contributed by atoms with Gasteiger partial charge in [0.2, 0.25) is 0 Å². The molecule has 0 bridgehead atoms. The Kier molecular flexibility index (Phi) is 3.16. The van der Waals surface area contributed by atoms with Gasteiger partial charge >= 0.3 is 0 Å². The van der Waals surface area contributed by atoms with E-state index in [-0.39, 0.29) is 0 Å². The van der Waals surface area contributed by atoms with E-state index >= 15 is 0 Å². The summed E-state index contributed by atoms with van der Waals surface area (Å²) in [5.41, 5.74) is 1.12. The van der Waals surface area contributed by atoms with Crippen molar-refractivity contribution in [3.8, 4) is 0 Å². The Balaban J connectivity index is 2.19. The van der Waals surface area contributed by atoms with Crippen LogP contribution in [-0.4, -0.2) is 35.6 Å². The van der Waals surface area contributed by atoms with Crippen LogP contribution in [-0.2, 0) is 6.42 Å². The largest absolute Gasteiger partial charge is 0.351 e. The smallest absolute Gasteiger partial charge is 0.132 e. The molecule has 1 fully saturated rings. The van der Waals surface area contributed by atoms with Crippen molar-refractivity contribution in [2.75, 3.05) is 24.5 Å². The maximum atomic E-state index is 4.35. The van der Waals surface area contributed by atoms with Gasteiger partial charge < -0.3 is 10.2 Å². The second kappa shape index (κ2) is 4.57. The molecule has 4 heteroatoms. The SMILES string of the molecule is CCc1cc(N2CCNCC2C)ncn1. The lowest BCUT2D eigenvalue weighted by molar-refractivity contribution is 0.496. The molecule has 0 saturated carbocycles. The van der Waals surface area contributed by atoms with Crippen molar-refractivity contribution < 1.29 is 0 Å². The van der Waals surface area contributed by atoms with Gasteiger partial charge in [-0.3, -0.25) is 0 Å². The number of piperazine rings is 1. The van der Waals surface area contributed by atoms with Gasteiger partial charge in [-0.25, -0.2) is 9.97 Å². The molecule has 0 aromatic carbocycles. The average molecular weight is 206 g/mol. The Labute approximate surface area is 90.7 Å². The first-order chi connectivity index (χ1) is 7.31. The lowest BCUT2D eigenvalue weighted by Crippen LogP contribution is -2.50. The number of aryl methyl sites for hydroxylation is 1. The second-order valence-electron chi connectivity index (χ2n) is 3.97. The molecule has 1 aromatic heterocycles. The molecule has 1 N–H and O–H groups in total. The summed E-state index contributed by atoms with van der Waals surface area (Å²) in [5.74, 6) is 1.07. The van der Waals surface area contributed by atoms with E-state index in [0.717, 1.165) is 37.6 Å². The first-order valence-electron chi connectivity index (χ1n) is 5.59. The third-order valence-electron chi connectivity index (χ3n) is 2.87. The van der Waals surface area contributed by atoms with Crippen molar-refractivity contribution in [2.24, 2.45) is 0 Å². The van der Waals surface area contributed by atoms with Crippen molar-refractivity contribution in [3.63, 3.8) is 0 Å². The van der Waals surface area contributed by atoms with Crippen molar-refractivity contribution >= 4 is 5.82 Å². The van der Waals surface area contributed by atoms with E-state index < -0.39 is 0 Å². The standard InChI is InChI=1S/C11H18N4/c1-3-10-6-11(14-8-13-10)15-5-4-12-7-9(15)2/h6,8-9,12H,3-5,7H2,1-2H3. The van der Waals surface area contributed by atoms with Gasteiger partial charge in [-0.2, -0.15) is 0 Å². The van der Waals surface area contributed by atoms with E-state index in [9.17, 15) is 0 Å². The second-order valence-corrected chi connectivity index (χ2v) is 3.97. The minimum absolute atomic E-state index is 0.512. The molecule has 4 nitrogen and oxygen atoms in total. The molecular formula is C11H18N4. The van der Waals surface area contributed by atoms with Crippen LogP contribution in [0.2, 0.25) is 0 Å². The monoisotopic (exact) mass is 206 g/mol. The molecule has 1 unspecified atom stereocenters. The molecule has 1 aromatic rings. The molecule has 0 aliphatic carbocycles. The fourth-order valence-electron chi connectivity index (χ4n) is 1.92. The molecule has 1 aliphatic heterocycles. The molecule has 2 rings (SSSR count). The number of aromatic nitrogens is 2. The quantitative estimate of drug-likeness (QED) is 0.778. The normalized spacial score (nSPS) is 21.7. The fraction of sp³-hybridized carbons (Fsp3) is 0.636. The van der Waals surface area contributed by atoms with E-state index in [1.807, 2.05) is 0 Å². The van der Waals surface area contributed by atoms with Crippen molar-refractivity contribution in [1.82, 2.24) is 15.3 Å². The van der Waals surface area contributed by atoms with E-state index in [4.69, 9.17) is 0 Å². The van der Waals surface area contributed by atoms with Crippen LogP contribution in [0.3, 0.4) is 0 Å². The summed E-state index contributed by atoms with van der Waals surface area (Å²) in [7, 11) is 0. The third kappa shape index (κ3) is 2.26. The number of nitrogens with zero attached hydrogens (tertiary/aromatic N) is 3. The summed E-state index contributed by atoms with van der Waals surface area (Å²) in [6.45, 7) is 7.44. The first-order valence-corrected chi connectivity index (χ1v) is 5.59. The maximum absolute atomic E-state index is 4.35. The highest BCUT2D eigenvalue weighted by molar-refractivity contribution is 5.40. The fourth-order valence-corrected chi connectivity index (χ4v) is 1.92. The summed E-state index contributed by atoms with van der Waals surface area (Å²) in [5, 5.41) is 3.38. The predicted octanol–water partition coefficient (Wildman–Crippen LogP) is 0.837. The first kappa shape index (κ1) is 10.4. The number of hydrogen-bond donors (Lipinski definition) is 1. The summed E-state index contributed by atoms with van der Waals surface area (Å²) in [6.07, 6.45) is 2.64. The molecule has 0 amide bonds. The molecule has 0 spiro atoms. The van der Waals surface area contributed by atoms with E-state index in [1.165, 1.54) is 0 Å². The Morgan fingerprint density at radius 3 is 3.13 bits per heavy atom. The lowest BCUT2D eigenvalue weighted by atomic mass is 10.2. The van der Waals surface area contributed by atoms with Crippen LogP contribution in [0.15, 0.2) is 12.4 Å². The topological polar surface area (TPSA) is 41.0 Å². The van der Waals surface area contributed by atoms with Gasteiger partial charge in [-0.15, -0.1) is 0 Å². The van der Waals surface area contributed by atoms with Crippen LogP contribution in [0, 0.1) is 0 Å². The van der Waals surface area contributed by atoms with Crippen molar-refractivity contribution in [3.05, 3.63) is 18.1 Å². The van der Waals surface area contributed by atoms with Gasteiger partial charge in [0.15, 0.2) is 0 Å². The number of anilines is 1. The highest BCUT2D eigenvalue weighted by Gasteiger charge is 2.19. The van der Waals surface area contributed by atoms with Crippen LogP contribution in [0.25, 0.3) is 0 Å². The van der Waals surface area contributed by atoms with Crippen LogP contribution >= 0.6 is 0 Å². The van der Waals surface area contributed by atoms with E-state index in [2.05, 4.69) is 40.1 Å². The summed E-state index contributed by atoms with van der Waals surface area (Å²) in [6, 6.07) is 2.61. The minimum atomic E-state index is 0.512. The lowest BCUT2D eigenvalue weighted by Gasteiger charge is -2.34. The molecule has 2 heterocycles. The number of hydrogen-bond acceptors (Lipinski definition) is 4. The zero-order valence-electron chi connectivity index (χ0n) is 9.40. The third-order valence-corrected chi connectivity index (χ3v) is 2.87. The molecule has 82 valence electrons. The summed E-state index contributed by atoms with van der Waals surface area (Å²) in [4.78, 5) is 10.9. The van der Waals surface area contributed by atoms with Gasteiger partial charge in [0.05, 0.1) is 0 Å². The van der Waals surface area contributed by atoms with Crippen molar-refractivity contribution in [2.45, 2.75) is 26.3 Å². The van der Waals surface area contributed by atoms with Gasteiger partial charge in [0, 0.05) is 37.4 Å². The van der Waals surface area contributed by atoms with Crippen LogP contribution in [0.5, 0.6) is 0 Å². The highest BCUT2D eigenvalue weighted by atomic mass is 15.3.